The third-order valence-corrected chi connectivity index (χ3v) is 3.82. The molecule has 0 amide bonds. The molecule has 0 heterocycles. The maximum atomic E-state index is 5.23. The van der Waals surface area contributed by atoms with Crippen LogP contribution in [0.2, 0.25) is 0 Å². The summed E-state index contributed by atoms with van der Waals surface area (Å²) in [5, 5.41) is -0.302. The van der Waals surface area contributed by atoms with Gasteiger partial charge in [-0.1, -0.05) is 42.1 Å². The molecule has 1 aromatic rings. The lowest BCUT2D eigenvalue weighted by Gasteiger charge is -2.07. The van der Waals surface area contributed by atoms with Crippen molar-refractivity contribution >= 4 is 34.6 Å². The van der Waals surface area contributed by atoms with Crippen molar-refractivity contribution in [2.24, 2.45) is 0 Å². The molecule has 10 heavy (non-hydrogen) atoms. The first-order chi connectivity index (χ1) is 4.61. The third-order valence-electron chi connectivity index (χ3n) is 1.24. The molecule has 0 saturated carbocycles. The molecule has 3 heteroatoms. The predicted octanol–water partition coefficient (Wildman–Crippen LogP) is 2.27. The van der Waals surface area contributed by atoms with Crippen molar-refractivity contribution in [1.82, 2.24) is 0 Å². The van der Waals surface area contributed by atoms with Crippen LogP contribution in [0.25, 0.3) is 0 Å². The maximum Gasteiger partial charge on any atom is 0.0279 e. The van der Waals surface area contributed by atoms with Gasteiger partial charge in [0, 0.05) is 5.24 Å². The Labute approximate surface area is 71.8 Å². The van der Waals surface area contributed by atoms with E-state index in [0.717, 1.165) is 0 Å². The van der Waals surface area contributed by atoms with Gasteiger partial charge >= 0.3 is 0 Å². The van der Waals surface area contributed by atoms with Gasteiger partial charge in [-0.05, 0) is 12.0 Å². The van der Waals surface area contributed by atoms with Crippen LogP contribution in [-0.4, -0.2) is 6.66 Å². The minimum Gasteiger partial charge on any atom is -0.137 e. The summed E-state index contributed by atoms with van der Waals surface area (Å²) in [4.78, 5) is 0. The Morgan fingerprint density at radius 1 is 1.30 bits per heavy atom. The predicted molar refractivity (Wildman–Crippen MR) is 55.3 cm³/mol. The van der Waals surface area contributed by atoms with Crippen molar-refractivity contribution in [2.45, 2.75) is 0 Å². The van der Waals surface area contributed by atoms with Gasteiger partial charge < -0.3 is 0 Å². The normalized spacial score (nSPS) is 16.2. The highest BCUT2D eigenvalue weighted by Gasteiger charge is 2.04. The molecule has 0 spiro atoms. The molecule has 1 unspecified atom stereocenters. The lowest BCUT2D eigenvalue weighted by atomic mass is 10.4. The minimum atomic E-state index is -1.49. The molecule has 1 atom stereocenters. The Morgan fingerprint density at radius 3 is 2.10 bits per heavy atom. The topological polar surface area (TPSA) is 0 Å². The Morgan fingerprint density at radius 2 is 1.80 bits per heavy atom. The highest BCUT2D eigenvalue weighted by molar-refractivity contribution is 8.65. The van der Waals surface area contributed by atoms with Gasteiger partial charge in [-0.2, -0.15) is 0 Å². The van der Waals surface area contributed by atoms with Crippen LogP contribution in [0.4, 0.5) is 0 Å². The monoisotopic (exact) mass is 188 g/mol. The van der Waals surface area contributed by atoms with Gasteiger partial charge in [-0.25, -0.2) is 0 Å². The Balaban J connectivity index is 3.09. The Hall–Kier alpha value is 0.220. The van der Waals surface area contributed by atoms with Gasteiger partial charge in [0.2, 0.25) is 0 Å². The number of rotatable bonds is 1. The van der Waals surface area contributed by atoms with Crippen molar-refractivity contribution in [3.05, 3.63) is 30.3 Å². The molecule has 0 saturated heterocycles. The van der Waals surface area contributed by atoms with Gasteiger partial charge in [-0.15, -0.1) is 12.2 Å². The molecule has 54 valence electrons. The van der Waals surface area contributed by atoms with Gasteiger partial charge in [0.15, 0.2) is 0 Å². The fourth-order valence-corrected chi connectivity index (χ4v) is 2.20. The van der Waals surface area contributed by atoms with Crippen LogP contribution in [0.1, 0.15) is 0 Å². The van der Waals surface area contributed by atoms with Crippen LogP contribution in [-0.2, 0) is 11.8 Å². The van der Waals surface area contributed by atoms with Crippen molar-refractivity contribution in [3.63, 3.8) is 0 Å². The van der Waals surface area contributed by atoms with E-state index in [9.17, 15) is 0 Å². The molecular weight excluding hydrogens is 179 g/mol. The van der Waals surface area contributed by atoms with E-state index >= 15 is 0 Å². The summed E-state index contributed by atoms with van der Waals surface area (Å²) in [6, 6.07) is 10.1. The fourth-order valence-electron chi connectivity index (χ4n) is 0.705. The summed E-state index contributed by atoms with van der Waals surface area (Å²) in [7, 11) is 0. The zero-order valence-corrected chi connectivity index (χ0v) is 8.29. The standard InChI is InChI=1S/C7H9PS2/c1-8(9,10)7-5-3-2-4-6-7/h2-6H,1H3,(H,9,10). The van der Waals surface area contributed by atoms with Crippen molar-refractivity contribution in [1.29, 1.82) is 0 Å². The highest BCUT2D eigenvalue weighted by atomic mass is 32.9. The second kappa shape index (κ2) is 3.08. The first-order valence-electron chi connectivity index (χ1n) is 2.96. The molecule has 1 rings (SSSR count). The van der Waals surface area contributed by atoms with E-state index in [1.165, 1.54) is 5.30 Å². The minimum absolute atomic E-state index is 1.19. The van der Waals surface area contributed by atoms with Crippen LogP contribution < -0.4 is 5.30 Å². The molecule has 1 aromatic carbocycles. The van der Waals surface area contributed by atoms with E-state index in [4.69, 9.17) is 11.8 Å². The summed E-state index contributed by atoms with van der Waals surface area (Å²) >= 11 is 9.60. The average Bonchev–Trinajstić information content (AvgIpc) is 1.88. The van der Waals surface area contributed by atoms with E-state index in [0.29, 0.717) is 0 Å². The summed E-state index contributed by atoms with van der Waals surface area (Å²) in [5.41, 5.74) is 0. The van der Waals surface area contributed by atoms with Crippen LogP contribution in [0.3, 0.4) is 0 Å². The quantitative estimate of drug-likeness (QED) is 0.521. The number of benzene rings is 1. The lowest BCUT2D eigenvalue weighted by molar-refractivity contribution is 1.77. The first kappa shape index (κ1) is 8.32. The van der Waals surface area contributed by atoms with Gasteiger partial charge in [0.25, 0.3) is 0 Å². The van der Waals surface area contributed by atoms with E-state index < -0.39 is 5.24 Å². The number of hydrogen-bond acceptors (Lipinski definition) is 1. The lowest BCUT2D eigenvalue weighted by Crippen LogP contribution is -1.96. The first-order valence-corrected chi connectivity index (χ1v) is 7.37. The molecule has 0 nitrogen and oxygen atoms in total. The summed E-state index contributed by atoms with van der Waals surface area (Å²) in [5.74, 6) is 0. The Bertz CT molecular complexity index is 250. The molecule has 0 aliphatic rings. The highest BCUT2D eigenvalue weighted by Crippen LogP contribution is 2.44. The zero-order valence-electron chi connectivity index (χ0n) is 5.69. The van der Waals surface area contributed by atoms with Gasteiger partial charge in [0.05, 0.1) is 0 Å². The van der Waals surface area contributed by atoms with Crippen molar-refractivity contribution < 1.29 is 0 Å². The Kier molecular flexibility index (Phi) is 2.56. The zero-order chi connectivity index (χ0) is 7.61. The van der Waals surface area contributed by atoms with Gasteiger partial charge in [0.1, 0.15) is 0 Å². The molecule has 0 fully saturated rings. The third kappa shape index (κ3) is 2.12. The average molecular weight is 188 g/mol. The van der Waals surface area contributed by atoms with Crippen LogP contribution >= 0.6 is 17.5 Å². The number of hydrogen-bond donors (Lipinski definition) is 1. The van der Waals surface area contributed by atoms with Crippen LogP contribution in [0.15, 0.2) is 30.3 Å². The molecule has 0 aliphatic heterocycles. The molecular formula is C7H9PS2. The van der Waals surface area contributed by atoms with Crippen LogP contribution in [0.5, 0.6) is 0 Å². The molecule has 0 N–H and O–H groups in total. The summed E-state index contributed by atoms with van der Waals surface area (Å²) in [6.07, 6.45) is 0. The van der Waals surface area contributed by atoms with E-state index in [1.807, 2.05) is 37.0 Å². The van der Waals surface area contributed by atoms with E-state index in [-0.39, 0.29) is 0 Å². The smallest absolute Gasteiger partial charge is 0.0279 e. The molecule has 0 aliphatic carbocycles. The SMILES string of the molecule is CP(=S)(S)c1ccccc1. The second-order valence-corrected chi connectivity index (χ2v) is 9.89. The largest absolute Gasteiger partial charge is 0.137 e. The van der Waals surface area contributed by atoms with Crippen molar-refractivity contribution in [3.8, 4) is 0 Å². The van der Waals surface area contributed by atoms with Crippen molar-refractivity contribution in [2.75, 3.05) is 6.66 Å². The molecule has 0 bridgehead atoms. The maximum absolute atomic E-state index is 5.23. The molecule has 0 radical (unpaired) electrons. The second-order valence-electron chi connectivity index (χ2n) is 2.21. The van der Waals surface area contributed by atoms with E-state index in [1.54, 1.807) is 0 Å². The molecule has 0 aromatic heterocycles. The van der Waals surface area contributed by atoms with Crippen LogP contribution in [0, 0.1) is 0 Å². The summed E-state index contributed by atoms with van der Waals surface area (Å²) in [6.45, 7) is 2.01. The summed E-state index contributed by atoms with van der Waals surface area (Å²) < 4.78 is 0. The van der Waals surface area contributed by atoms with E-state index in [2.05, 4.69) is 12.2 Å². The van der Waals surface area contributed by atoms with Gasteiger partial charge in [-0.3, -0.25) is 0 Å². The fraction of sp³-hybridized carbons (Fsp3) is 0.143. The number of thiol groups is 1.